The average Bonchev–Trinajstić information content (AvgIpc) is 3.95. The van der Waals surface area contributed by atoms with Crippen LogP contribution in [-0.4, -0.2) is 4.57 Å². The molecule has 3 nitrogen and oxygen atoms in total. The Morgan fingerprint density at radius 2 is 1.09 bits per heavy atom. The van der Waals surface area contributed by atoms with Crippen molar-refractivity contribution in [3.05, 3.63) is 194 Å². The summed E-state index contributed by atoms with van der Waals surface area (Å²) >= 11 is 1.85. The summed E-state index contributed by atoms with van der Waals surface area (Å²) in [7, 11) is 0. The molecule has 0 radical (unpaired) electrons. The monoisotopic (exact) mass is 732 g/mol. The normalized spacial score (nSPS) is 11.9. The highest BCUT2D eigenvalue weighted by Gasteiger charge is 2.23. The molecule has 0 fully saturated rings. The third-order valence-electron chi connectivity index (χ3n) is 11.4. The van der Waals surface area contributed by atoms with Crippen molar-refractivity contribution in [2.45, 2.75) is 0 Å². The Morgan fingerprint density at radius 3 is 1.91 bits per heavy atom. The minimum absolute atomic E-state index is 0.874. The van der Waals surface area contributed by atoms with E-state index >= 15 is 0 Å². The number of benzene rings is 9. The number of nitrogens with zero attached hydrogens (tertiary/aromatic N) is 2. The molecule has 0 N–H and O–H groups in total. The van der Waals surface area contributed by atoms with E-state index in [2.05, 4.69) is 204 Å². The predicted molar refractivity (Wildman–Crippen MR) is 239 cm³/mol. The van der Waals surface area contributed by atoms with E-state index in [0.29, 0.717) is 0 Å². The molecule has 12 rings (SSSR count). The second kappa shape index (κ2) is 12.2. The number of anilines is 3. The summed E-state index contributed by atoms with van der Waals surface area (Å²) in [6, 6.07) is 70.1. The molecule has 56 heavy (non-hydrogen) atoms. The molecule has 0 saturated carbocycles. The van der Waals surface area contributed by atoms with Gasteiger partial charge in [-0.15, -0.1) is 11.3 Å². The van der Waals surface area contributed by atoms with Crippen LogP contribution in [0, 0.1) is 0 Å². The van der Waals surface area contributed by atoms with Crippen molar-refractivity contribution >= 4 is 103 Å². The number of aromatic nitrogens is 1. The lowest BCUT2D eigenvalue weighted by atomic mass is 10.0. The van der Waals surface area contributed by atoms with Gasteiger partial charge in [-0.1, -0.05) is 133 Å². The Labute approximate surface area is 326 Å². The molecule has 9 aromatic carbocycles. The SMILES string of the molecule is c1ccc(-n2c3ccccc3c3ccccc32)c(-c2ccc(N(c3cccc4c3sc3ccccc34)c3cccc4oc5c6ccccc6ccc5c34)cc2)c1. The van der Waals surface area contributed by atoms with Gasteiger partial charge >= 0.3 is 0 Å². The van der Waals surface area contributed by atoms with E-state index in [4.69, 9.17) is 4.42 Å². The van der Waals surface area contributed by atoms with E-state index in [1.54, 1.807) is 0 Å². The van der Waals surface area contributed by atoms with E-state index in [0.717, 1.165) is 55.6 Å². The van der Waals surface area contributed by atoms with Crippen molar-refractivity contribution in [1.29, 1.82) is 0 Å². The zero-order chi connectivity index (χ0) is 36.7. The Bertz CT molecular complexity index is 3440. The van der Waals surface area contributed by atoms with Gasteiger partial charge in [0.2, 0.25) is 0 Å². The van der Waals surface area contributed by atoms with Gasteiger partial charge in [0.15, 0.2) is 0 Å². The summed E-state index contributed by atoms with van der Waals surface area (Å²) in [5.74, 6) is 0. The largest absolute Gasteiger partial charge is 0.455 e. The molecule has 3 aromatic heterocycles. The minimum atomic E-state index is 0.874. The molecule has 12 aromatic rings. The summed E-state index contributed by atoms with van der Waals surface area (Å²) in [6.45, 7) is 0. The fourth-order valence-corrected chi connectivity index (χ4v) is 10.1. The van der Waals surface area contributed by atoms with Crippen molar-refractivity contribution in [3.8, 4) is 16.8 Å². The first-order valence-corrected chi connectivity index (χ1v) is 19.8. The van der Waals surface area contributed by atoms with Gasteiger partial charge in [-0.25, -0.2) is 0 Å². The Kier molecular flexibility index (Phi) is 6.80. The number of hydrogen-bond donors (Lipinski definition) is 0. The molecular weight excluding hydrogens is 701 g/mol. The van der Waals surface area contributed by atoms with Crippen LogP contribution in [0.5, 0.6) is 0 Å². The molecule has 262 valence electrons. The molecule has 0 saturated heterocycles. The summed E-state index contributed by atoms with van der Waals surface area (Å²) in [5, 5.41) is 9.57. The number of fused-ring (bicyclic) bond motifs is 11. The van der Waals surface area contributed by atoms with Gasteiger partial charge < -0.3 is 13.9 Å². The summed E-state index contributed by atoms with van der Waals surface area (Å²) in [4.78, 5) is 2.44. The topological polar surface area (TPSA) is 21.3 Å². The summed E-state index contributed by atoms with van der Waals surface area (Å²) in [5.41, 5.74) is 11.0. The molecule has 0 aliphatic rings. The fraction of sp³-hybridized carbons (Fsp3) is 0. The van der Waals surface area contributed by atoms with Crippen molar-refractivity contribution in [2.75, 3.05) is 4.90 Å². The maximum Gasteiger partial charge on any atom is 0.143 e. The molecule has 0 aliphatic carbocycles. The van der Waals surface area contributed by atoms with E-state index in [9.17, 15) is 0 Å². The number of hydrogen-bond acceptors (Lipinski definition) is 3. The molecule has 4 heteroatoms. The third-order valence-corrected chi connectivity index (χ3v) is 12.6. The first kappa shape index (κ1) is 31.2. The van der Waals surface area contributed by atoms with Crippen molar-refractivity contribution in [2.24, 2.45) is 0 Å². The number of furan rings is 1. The van der Waals surface area contributed by atoms with Crippen LogP contribution in [0.25, 0.3) is 91.5 Å². The molecule has 0 unspecified atom stereocenters. The quantitative estimate of drug-likeness (QED) is 0.176. The van der Waals surface area contributed by atoms with E-state index in [-0.39, 0.29) is 0 Å². The van der Waals surface area contributed by atoms with Crippen LogP contribution in [0.15, 0.2) is 199 Å². The Balaban J connectivity index is 1.08. The lowest BCUT2D eigenvalue weighted by Gasteiger charge is -2.27. The molecular formula is C52H32N2OS. The van der Waals surface area contributed by atoms with Crippen LogP contribution in [-0.2, 0) is 0 Å². The second-order valence-corrected chi connectivity index (χ2v) is 15.5. The van der Waals surface area contributed by atoms with Gasteiger partial charge in [-0.2, -0.15) is 0 Å². The van der Waals surface area contributed by atoms with Gasteiger partial charge in [-0.3, -0.25) is 0 Å². The number of thiophene rings is 1. The van der Waals surface area contributed by atoms with Gasteiger partial charge in [0, 0.05) is 48.3 Å². The summed E-state index contributed by atoms with van der Waals surface area (Å²) in [6.07, 6.45) is 0. The highest BCUT2D eigenvalue weighted by molar-refractivity contribution is 7.26. The highest BCUT2D eigenvalue weighted by atomic mass is 32.1. The lowest BCUT2D eigenvalue weighted by Crippen LogP contribution is -2.10. The predicted octanol–water partition coefficient (Wildman–Crippen LogP) is 15.3. The van der Waals surface area contributed by atoms with Gasteiger partial charge in [0.1, 0.15) is 11.2 Å². The van der Waals surface area contributed by atoms with Crippen molar-refractivity contribution in [1.82, 2.24) is 4.57 Å². The van der Waals surface area contributed by atoms with Crippen LogP contribution >= 0.6 is 11.3 Å². The smallest absolute Gasteiger partial charge is 0.143 e. The van der Waals surface area contributed by atoms with Crippen LogP contribution in [0.2, 0.25) is 0 Å². The zero-order valence-electron chi connectivity index (χ0n) is 30.2. The number of para-hydroxylation sites is 3. The van der Waals surface area contributed by atoms with Crippen molar-refractivity contribution in [3.63, 3.8) is 0 Å². The van der Waals surface area contributed by atoms with Crippen molar-refractivity contribution < 1.29 is 4.42 Å². The highest BCUT2D eigenvalue weighted by Crippen LogP contribution is 2.49. The molecule has 0 atom stereocenters. The van der Waals surface area contributed by atoms with E-state index in [1.807, 2.05) is 11.3 Å². The minimum Gasteiger partial charge on any atom is -0.455 e. The maximum atomic E-state index is 6.72. The van der Waals surface area contributed by atoms with Crippen LogP contribution < -0.4 is 4.90 Å². The van der Waals surface area contributed by atoms with Gasteiger partial charge in [0.05, 0.1) is 38.2 Å². The van der Waals surface area contributed by atoms with Gasteiger partial charge in [0.25, 0.3) is 0 Å². The maximum absolute atomic E-state index is 6.72. The Morgan fingerprint density at radius 1 is 0.446 bits per heavy atom. The van der Waals surface area contributed by atoms with Crippen LogP contribution in [0.1, 0.15) is 0 Å². The van der Waals surface area contributed by atoms with Gasteiger partial charge in [-0.05, 0) is 71.6 Å². The fourth-order valence-electron chi connectivity index (χ4n) is 8.92. The van der Waals surface area contributed by atoms with Crippen LogP contribution in [0.3, 0.4) is 0 Å². The standard InChI is InChI=1S/C52H32N2OS/c1-2-15-37-33(13-1)29-32-42-50-46(23-12-25-48(50)55-51(37)42)53(47-24-11-19-41-40-18-6-10-26-49(40)56-52(41)47)35-30-27-34(28-31-35)36-14-3-7-20-43(36)54-44-21-8-4-16-38(44)39-17-5-9-22-45(39)54/h1-32H. The molecule has 0 aliphatic heterocycles. The lowest BCUT2D eigenvalue weighted by molar-refractivity contribution is 0.672. The Hall–Kier alpha value is -7.14. The zero-order valence-corrected chi connectivity index (χ0v) is 31.0. The number of rotatable bonds is 5. The third kappa shape index (κ3) is 4.57. The second-order valence-electron chi connectivity index (χ2n) is 14.4. The first-order valence-electron chi connectivity index (χ1n) is 19.0. The molecule has 0 bridgehead atoms. The van der Waals surface area contributed by atoms with E-state index in [1.165, 1.54) is 52.9 Å². The first-order chi connectivity index (χ1) is 27.8. The van der Waals surface area contributed by atoms with E-state index < -0.39 is 0 Å². The molecule has 3 heterocycles. The van der Waals surface area contributed by atoms with Crippen LogP contribution in [0.4, 0.5) is 17.1 Å². The molecule has 0 spiro atoms. The summed E-state index contributed by atoms with van der Waals surface area (Å²) < 4.78 is 11.7. The average molecular weight is 733 g/mol. The molecule has 0 amide bonds.